The number of aryl methyl sites for hydroxylation is 1. The molecule has 1 fully saturated rings. The summed E-state index contributed by atoms with van der Waals surface area (Å²) in [5.74, 6) is 0.164. The van der Waals surface area contributed by atoms with Crippen LogP contribution in [0.5, 0.6) is 0 Å². The lowest BCUT2D eigenvalue weighted by molar-refractivity contribution is -0.117. The Morgan fingerprint density at radius 1 is 1.57 bits per heavy atom. The average Bonchev–Trinajstić information content (AvgIpc) is 2.47. The zero-order valence-corrected chi connectivity index (χ0v) is 9.49. The first-order chi connectivity index (χ1) is 6.66. The van der Waals surface area contributed by atoms with Gasteiger partial charge >= 0.3 is 0 Å². The molecule has 4 heteroatoms. The first-order valence-electron chi connectivity index (χ1n) is 4.54. The standard InChI is InChI=1S/C10H11BrN2O/c1-7-2-3-9(5-12-7)13-6-8(11)4-10(13)14/h2-3,5,8H,4,6H2,1H3. The monoisotopic (exact) mass is 254 g/mol. The molecule has 0 aliphatic carbocycles. The highest BCUT2D eigenvalue weighted by atomic mass is 79.9. The third kappa shape index (κ3) is 1.80. The molecule has 0 N–H and O–H groups in total. The quantitative estimate of drug-likeness (QED) is 0.718. The van der Waals surface area contributed by atoms with E-state index in [0.29, 0.717) is 6.42 Å². The van der Waals surface area contributed by atoms with Crippen LogP contribution in [0.3, 0.4) is 0 Å². The second-order valence-electron chi connectivity index (χ2n) is 3.46. The zero-order chi connectivity index (χ0) is 10.1. The Hall–Kier alpha value is -0.900. The Morgan fingerprint density at radius 3 is 2.86 bits per heavy atom. The van der Waals surface area contributed by atoms with E-state index in [1.807, 2.05) is 19.1 Å². The first-order valence-corrected chi connectivity index (χ1v) is 5.45. The van der Waals surface area contributed by atoms with Gasteiger partial charge in [0.1, 0.15) is 0 Å². The molecule has 74 valence electrons. The molecule has 1 aromatic rings. The molecular formula is C10H11BrN2O. The van der Waals surface area contributed by atoms with Crippen LogP contribution in [0.1, 0.15) is 12.1 Å². The fraction of sp³-hybridized carbons (Fsp3) is 0.400. The Labute approximate surface area is 91.3 Å². The summed E-state index contributed by atoms with van der Waals surface area (Å²) in [7, 11) is 0. The van der Waals surface area contributed by atoms with Crippen LogP contribution in [0.4, 0.5) is 5.69 Å². The minimum atomic E-state index is 0.164. The van der Waals surface area contributed by atoms with Crippen LogP contribution in [0, 0.1) is 6.92 Å². The minimum absolute atomic E-state index is 0.164. The SMILES string of the molecule is Cc1ccc(N2CC(Br)CC2=O)cn1. The summed E-state index contributed by atoms with van der Waals surface area (Å²) >= 11 is 3.45. The van der Waals surface area contributed by atoms with Crippen molar-refractivity contribution in [1.29, 1.82) is 0 Å². The van der Waals surface area contributed by atoms with Gasteiger partial charge < -0.3 is 4.90 Å². The Bertz CT molecular complexity index is 350. The van der Waals surface area contributed by atoms with Crippen LogP contribution in [0.2, 0.25) is 0 Å². The van der Waals surface area contributed by atoms with Gasteiger partial charge in [0.2, 0.25) is 5.91 Å². The van der Waals surface area contributed by atoms with E-state index >= 15 is 0 Å². The van der Waals surface area contributed by atoms with Crippen molar-refractivity contribution < 1.29 is 4.79 Å². The summed E-state index contributed by atoms with van der Waals surface area (Å²) in [5, 5.41) is 0. The Kier molecular flexibility index (Phi) is 2.54. The molecule has 1 amide bonds. The molecule has 1 aliphatic rings. The number of nitrogens with zero attached hydrogens (tertiary/aromatic N) is 2. The number of amides is 1. The minimum Gasteiger partial charge on any atom is -0.310 e. The van der Waals surface area contributed by atoms with E-state index in [9.17, 15) is 4.79 Å². The highest BCUT2D eigenvalue weighted by Crippen LogP contribution is 2.24. The first kappa shape index (κ1) is 9.65. The molecule has 0 aromatic carbocycles. The van der Waals surface area contributed by atoms with E-state index in [2.05, 4.69) is 20.9 Å². The van der Waals surface area contributed by atoms with Crippen molar-refractivity contribution in [2.75, 3.05) is 11.4 Å². The smallest absolute Gasteiger partial charge is 0.228 e. The summed E-state index contributed by atoms with van der Waals surface area (Å²) in [5.41, 5.74) is 1.86. The molecule has 1 aromatic heterocycles. The number of anilines is 1. The third-order valence-corrected chi connectivity index (χ3v) is 2.90. The van der Waals surface area contributed by atoms with E-state index < -0.39 is 0 Å². The number of carbonyl (C=O) groups excluding carboxylic acids is 1. The van der Waals surface area contributed by atoms with Crippen molar-refractivity contribution in [2.45, 2.75) is 18.2 Å². The van der Waals surface area contributed by atoms with Crippen molar-refractivity contribution in [3.8, 4) is 0 Å². The summed E-state index contributed by atoms with van der Waals surface area (Å²) in [6.45, 7) is 2.67. The third-order valence-electron chi connectivity index (χ3n) is 2.29. The van der Waals surface area contributed by atoms with Crippen LogP contribution in [0.15, 0.2) is 18.3 Å². The second kappa shape index (κ2) is 3.69. The largest absolute Gasteiger partial charge is 0.310 e. The van der Waals surface area contributed by atoms with Gasteiger partial charge in [-0.2, -0.15) is 0 Å². The van der Waals surface area contributed by atoms with Crippen LogP contribution in [-0.2, 0) is 4.79 Å². The zero-order valence-electron chi connectivity index (χ0n) is 7.90. The van der Waals surface area contributed by atoms with Crippen LogP contribution in [-0.4, -0.2) is 22.3 Å². The molecule has 0 bridgehead atoms. The molecule has 2 heterocycles. The molecule has 1 aliphatic heterocycles. The molecule has 0 spiro atoms. The maximum absolute atomic E-state index is 11.5. The van der Waals surface area contributed by atoms with Gasteiger partial charge in [-0.3, -0.25) is 9.78 Å². The van der Waals surface area contributed by atoms with Crippen molar-refractivity contribution in [1.82, 2.24) is 4.98 Å². The van der Waals surface area contributed by atoms with Crippen LogP contribution >= 0.6 is 15.9 Å². The summed E-state index contributed by atoms with van der Waals surface area (Å²) in [6.07, 6.45) is 2.33. The fourth-order valence-electron chi connectivity index (χ4n) is 1.53. The maximum Gasteiger partial charge on any atom is 0.228 e. The Morgan fingerprint density at radius 2 is 2.36 bits per heavy atom. The molecule has 3 nitrogen and oxygen atoms in total. The number of hydrogen-bond acceptors (Lipinski definition) is 2. The molecule has 0 saturated carbocycles. The van der Waals surface area contributed by atoms with Crippen molar-refractivity contribution >= 4 is 27.5 Å². The van der Waals surface area contributed by atoms with E-state index in [4.69, 9.17) is 0 Å². The van der Waals surface area contributed by atoms with E-state index in [0.717, 1.165) is 17.9 Å². The van der Waals surface area contributed by atoms with Gasteiger partial charge in [0.05, 0.1) is 11.9 Å². The summed E-state index contributed by atoms with van der Waals surface area (Å²) < 4.78 is 0. The molecular weight excluding hydrogens is 244 g/mol. The summed E-state index contributed by atoms with van der Waals surface area (Å²) in [4.78, 5) is 17.8. The number of pyridine rings is 1. The molecule has 1 saturated heterocycles. The number of rotatable bonds is 1. The number of halogens is 1. The van der Waals surface area contributed by atoms with E-state index in [1.54, 1.807) is 11.1 Å². The van der Waals surface area contributed by atoms with Gasteiger partial charge in [-0.15, -0.1) is 0 Å². The van der Waals surface area contributed by atoms with E-state index in [1.165, 1.54) is 0 Å². The number of alkyl halides is 1. The lowest BCUT2D eigenvalue weighted by Crippen LogP contribution is -2.24. The van der Waals surface area contributed by atoms with Gasteiger partial charge in [-0.05, 0) is 19.1 Å². The Balaban J connectivity index is 2.23. The van der Waals surface area contributed by atoms with Gasteiger partial charge in [0, 0.05) is 23.5 Å². The predicted molar refractivity (Wildman–Crippen MR) is 58.7 cm³/mol. The predicted octanol–water partition coefficient (Wildman–Crippen LogP) is 1.89. The molecule has 0 radical (unpaired) electrons. The van der Waals surface area contributed by atoms with E-state index in [-0.39, 0.29) is 10.7 Å². The number of hydrogen-bond donors (Lipinski definition) is 0. The highest BCUT2D eigenvalue weighted by Gasteiger charge is 2.28. The normalized spacial score (nSPS) is 21.7. The lowest BCUT2D eigenvalue weighted by atomic mass is 10.3. The van der Waals surface area contributed by atoms with Crippen LogP contribution < -0.4 is 4.90 Å². The average molecular weight is 255 g/mol. The topological polar surface area (TPSA) is 33.2 Å². The second-order valence-corrected chi connectivity index (χ2v) is 4.76. The molecule has 1 atom stereocenters. The van der Waals surface area contributed by atoms with Gasteiger partial charge in [0.15, 0.2) is 0 Å². The lowest BCUT2D eigenvalue weighted by Gasteiger charge is -2.15. The fourth-order valence-corrected chi connectivity index (χ4v) is 2.10. The maximum atomic E-state index is 11.5. The molecule has 14 heavy (non-hydrogen) atoms. The number of aromatic nitrogens is 1. The summed E-state index contributed by atoms with van der Waals surface area (Å²) in [6, 6.07) is 3.86. The van der Waals surface area contributed by atoms with Crippen molar-refractivity contribution in [3.63, 3.8) is 0 Å². The highest BCUT2D eigenvalue weighted by molar-refractivity contribution is 9.09. The number of carbonyl (C=O) groups is 1. The van der Waals surface area contributed by atoms with Gasteiger partial charge in [-0.1, -0.05) is 15.9 Å². The van der Waals surface area contributed by atoms with Gasteiger partial charge in [-0.25, -0.2) is 0 Å². The van der Waals surface area contributed by atoms with Gasteiger partial charge in [0.25, 0.3) is 0 Å². The van der Waals surface area contributed by atoms with Crippen LogP contribution in [0.25, 0.3) is 0 Å². The molecule has 1 unspecified atom stereocenters. The van der Waals surface area contributed by atoms with Crippen molar-refractivity contribution in [3.05, 3.63) is 24.0 Å². The molecule has 2 rings (SSSR count). The van der Waals surface area contributed by atoms with Crippen molar-refractivity contribution in [2.24, 2.45) is 0 Å².